The minimum absolute atomic E-state index is 0.101. The van der Waals surface area contributed by atoms with Crippen LogP contribution in [0.4, 0.5) is 0 Å². The van der Waals surface area contributed by atoms with Gasteiger partial charge in [0, 0.05) is 22.5 Å². The molecule has 0 fully saturated rings. The summed E-state index contributed by atoms with van der Waals surface area (Å²) < 4.78 is 40.7. The summed E-state index contributed by atoms with van der Waals surface area (Å²) in [4.78, 5) is 12.9. The molecule has 3 aromatic rings. The Morgan fingerprint density at radius 3 is 2.50 bits per heavy atom. The van der Waals surface area contributed by atoms with E-state index in [1.54, 1.807) is 19.2 Å². The van der Waals surface area contributed by atoms with E-state index in [0.717, 1.165) is 21.8 Å². The molecule has 0 aliphatic heterocycles. The van der Waals surface area contributed by atoms with Crippen molar-refractivity contribution in [1.82, 2.24) is 4.57 Å². The molecule has 0 aliphatic rings. The smallest absolute Gasteiger partial charge is 0.338 e. The fourth-order valence-electron chi connectivity index (χ4n) is 3.72. The van der Waals surface area contributed by atoms with Crippen molar-refractivity contribution in [2.45, 2.75) is 31.9 Å². The molecule has 0 saturated carbocycles. The first kappa shape index (κ1) is 21.8. The number of rotatable bonds is 8. The number of benzene rings is 2. The third-order valence-electron chi connectivity index (χ3n) is 5.01. The summed E-state index contributed by atoms with van der Waals surface area (Å²) in [5.74, 6) is -0.643. The first-order chi connectivity index (χ1) is 14.3. The van der Waals surface area contributed by atoms with Crippen molar-refractivity contribution in [3.05, 3.63) is 60.7 Å². The zero-order valence-corrected chi connectivity index (χ0v) is 17.9. The van der Waals surface area contributed by atoms with E-state index in [0.29, 0.717) is 12.0 Å². The highest BCUT2D eigenvalue weighted by Gasteiger charge is 2.26. The molecule has 30 heavy (non-hydrogen) atoms. The maximum atomic E-state index is 12.9. The number of hydrogen-bond donors (Lipinski definition) is 1. The molecule has 0 saturated heterocycles. The molecular formula is C23H25NO5S. The maximum Gasteiger partial charge on any atom is 0.338 e. The Hall–Kier alpha value is -2.90. The highest BCUT2D eigenvalue weighted by molar-refractivity contribution is 7.86. The Morgan fingerprint density at radius 1 is 1.17 bits per heavy atom. The van der Waals surface area contributed by atoms with E-state index in [1.165, 1.54) is 6.08 Å². The third-order valence-corrected chi connectivity index (χ3v) is 6.14. The Morgan fingerprint density at radius 2 is 1.87 bits per heavy atom. The second kappa shape index (κ2) is 8.85. The third kappa shape index (κ3) is 4.04. The van der Waals surface area contributed by atoms with Gasteiger partial charge in [0.15, 0.2) is 0 Å². The lowest BCUT2D eigenvalue weighted by Crippen LogP contribution is -2.20. The van der Waals surface area contributed by atoms with Crippen molar-refractivity contribution < 1.29 is 22.5 Å². The van der Waals surface area contributed by atoms with Gasteiger partial charge in [-0.05, 0) is 25.5 Å². The van der Waals surface area contributed by atoms with Gasteiger partial charge in [-0.3, -0.25) is 4.55 Å². The van der Waals surface area contributed by atoms with Gasteiger partial charge in [-0.1, -0.05) is 56.3 Å². The predicted molar refractivity (Wildman–Crippen MR) is 121 cm³/mol. The fraction of sp³-hybridized carbons (Fsp3) is 0.261. The van der Waals surface area contributed by atoms with Crippen molar-refractivity contribution in [3.63, 3.8) is 0 Å². The minimum atomic E-state index is -4.38. The minimum Gasteiger partial charge on any atom is -0.462 e. The Bertz CT molecular complexity index is 1240. The molecule has 0 amide bonds. The van der Waals surface area contributed by atoms with Crippen LogP contribution >= 0.6 is 0 Å². The molecule has 0 radical (unpaired) electrons. The van der Waals surface area contributed by atoms with Gasteiger partial charge in [0.2, 0.25) is 0 Å². The molecule has 0 bridgehead atoms. The number of para-hydroxylation sites is 2. The molecule has 1 N–H and O–H groups in total. The molecular weight excluding hydrogens is 402 g/mol. The molecule has 3 rings (SSSR count). The Kier molecular flexibility index (Phi) is 6.43. The Labute approximate surface area is 176 Å². The standard InChI is InChI=1S/C23H25NO5S/c1-4-10-16(30(26,27)28)15-20(23(25)29-6-3)19-13-9-12-18-17-11-7-8-14-21(17)24(5-2)22(18)19/h5,7-9,11-16H,2,4,6,10H2,1,3H3,(H,26,27,28). The highest BCUT2D eigenvalue weighted by atomic mass is 32.2. The van der Waals surface area contributed by atoms with Crippen LogP contribution in [0.5, 0.6) is 0 Å². The summed E-state index contributed by atoms with van der Waals surface area (Å²) in [6.07, 6.45) is 3.66. The topological polar surface area (TPSA) is 85.6 Å². The Balaban J connectivity index is 2.38. The van der Waals surface area contributed by atoms with Crippen molar-refractivity contribution in [3.8, 4) is 0 Å². The van der Waals surface area contributed by atoms with Crippen LogP contribution in [-0.4, -0.2) is 35.4 Å². The summed E-state index contributed by atoms with van der Waals surface area (Å²) in [5, 5.41) is 0.674. The quantitative estimate of drug-likeness (QED) is 0.314. The van der Waals surface area contributed by atoms with Crippen LogP contribution in [0.1, 0.15) is 32.3 Å². The van der Waals surface area contributed by atoms with E-state index >= 15 is 0 Å². The molecule has 1 atom stereocenters. The van der Waals surface area contributed by atoms with Crippen molar-refractivity contribution in [2.75, 3.05) is 6.61 Å². The number of carbonyl (C=O) groups excluding carboxylic acids is 1. The van der Waals surface area contributed by atoms with Gasteiger partial charge < -0.3 is 9.30 Å². The number of fused-ring (bicyclic) bond motifs is 3. The van der Waals surface area contributed by atoms with Crippen molar-refractivity contribution in [2.24, 2.45) is 0 Å². The van der Waals surface area contributed by atoms with Gasteiger partial charge in [0.1, 0.15) is 5.25 Å². The molecule has 1 unspecified atom stereocenters. The molecule has 0 spiro atoms. The van der Waals surface area contributed by atoms with Crippen molar-refractivity contribution in [1.29, 1.82) is 0 Å². The number of esters is 1. The largest absolute Gasteiger partial charge is 0.462 e. The lowest BCUT2D eigenvalue weighted by Gasteiger charge is -2.14. The number of carbonyl (C=O) groups is 1. The molecule has 1 heterocycles. The van der Waals surface area contributed by atoms with Crippen LogP contribution in [0.25, 0.3) is 33.6 Å². The van der Waals surface area contributed by atoms with Gasteiger partial charge in [0.05, 0.1) is 23.2 Å². The summed E-state index contributed by atoms with van der Waals surface area (Å²) >= 11 is 0. The van der Waals surface area contributed by atoms with Crippen LogP contribution in [0, 0.1) is 0 Å². The SMILES string of the molecule is C=Cn1c2ccccc2c2cccc(C(=CC(CCC)S(=O)(=O)O)C(=O)OCC)c21. The average molecular weight is 428 g/mol. The summed E-state index contributed by atoms with van der Waals surface area (Å²) in [6.45, 7) is 7.54. The lowest BCUT2D eigenvalue weighted by molar-refractivity contribution is -0.136. The van der Waals surface area contributed by atoms with Crippen LogP contribution in [0.3, 0.4) is 0 Å². The van der Waals surface area contributed by atoms with E-state index in [4.69, 9.17) is 4.74 Å². The molecule has 7 heteroatoms. The molecule has 158 valence electrons. The van der Waals surface area contributed by atoms with Crippen LogP contribution in [0.15, 0.2) is 55.1 Å². The van der Waals surface area contributed by atoms with Crippen LogP contribution in [-0.2, 0) is 19.6 Å². The molecule has 6 nitrogen and oxygen atoms in total. The number of ether oxygens (including phenoxy) is 1. The molecule has 1 aromatic heterocycles. The normalized spacial score (nSPS) is 13.5. The van der Waals surface area contributed by atoms with Gasteiger partial charge in [-0.25, -0.2) is 4.79 Å². The molecule has 0 aliphatic carbocycles. The predicted octanol–water partition coefficient (Wildman–Crippen LogP) is 4.90. The van der Waals surface area contributed by atoms with Gasteiger partial charge in [0.25, 0.3) is 10.1 Å². The van der Waals surface area contributed by atoms with Crippen LogP contribution in [0.2, 0.25) is 0 Å². The van der Waals surface area contributed by atoms with Gasteiger partial charge in [-0.15, -0.1) is 0 Å². The van der Waals surface area contributed by atoms with E-state index in [2.05, 4.69) is 6.58 Å². The monoisotopic (exact) mass is 427 g/mol. The van der Waals surface area contributed by atoms with Crippen molar-refractivity contribution >= 4 is 49.7 Å². The molecule has 2 aromatic carbocycles. The van der Waals surface area contributed by atoms with E-state index in [1.807, 2.05) is 47.9 Å². The average Bonchev–Trinajstić information content (AvgIpc) is 3.04. The van der Waals surface area contributed by atoms with E-state index in [9.17, 15) is 17.8 Å². The fourth-order valence-corrected chi connectivity index (χ4v) is 4.57. The first-order valence-electron chi connectivity index (χ1n) is 9.83. The van der Waals surface area contributed by atoms with Crippen LogP contribution < -0.4 is 0 Å². The second-order valence-electron chi connectivity index (χ2n) is 6.91. The number of hydrogen-bond acceptors (Lipinski definition) is 4. The van der Waals surface area contributed by atoms with Gasteiger partial charge >= 0.3 is 5.97 Å². The van der Waals surface area contributed by atoms with E-state index < -0.39 is 21.3 Å². The highest BCUT2D eigenvalue weighted by Crippen LogP contribution is 2.35. The second-order valence-corrected chi connectivity index (χ2v) is 8.55. The summed E-state index contributed by atoms with van der Waals surface area (Å²) in [5.41, 5.74) is 2.26. The number of nitrogens with zero attached hydrogens (tertiary/aromatic N) is 1. The zero-order valence-electron chi connectivity index (χ0n) is 17.0. The van der Waals surface area contributed by atoms with Gasteiger partial charge in [-0.2, -0.15) is 8.42 Å². The van der Waals surface area contributed by atoms with E-state index in [-0.39, 0.29) is 18.6 Å². The summed E-state index contributed by atoms with van der Waals surface area (Å²) in [7, 11) is -4.38. The first-order valence-corrected chi connectivity index (χ1v) is 11.3. The maximum absolute atomic E-state index is 12.9. The zero-order chi connectivity index (χ0) is 21.9. The summed E-state index contributed by atoms with van der Waals surface area (Å²) in [6, 6.07) is 13.3. The lowest BCUT2D eigenvalue weighted by atomic mass is 10.00. The number of aromatic nitrogens is 1.